The lowest BCUT2D eigenvalue weighted by atomic mass is 10.0. The van der Waals surface area contributed by atoms with Crippen molar-refractivity contribution in [2.75, 3.05) is 13.1 Å². The van der Waals surface area contributed by atoms with Crippen LogP contribution in [0.25, 0.3) is 0 Å². The minimum absolute atomic E-state index is 0.487. The zero-order chi connectivity index (χ0) is 21.8. The van der Waals surface area contributed by atoms with E-state index in [1.54, 1.807) is 0 Å². The van der Waals surface area contributed by atoms with Gasteiger partial charge >= 0.3 is 0 Å². The largest absolute Gasteiger partial charge is 0.299 e. The molecule has 2 aliphatic rings. The fourth-order valence-electron chi connectivity index (χ4n) is 4.76. The molecule has 1 N–H and O–H groups in total. The topological polar surface area (TPSA) is 26.7 Å². The van der Waals surface area contributed by atoms with Crippen molar-refractivity contribution in [2.24, 2.45) is 0 Å². The summed E-state index contributed by atoms with van der Waals surface area (Å²) >= 11 is -0.790. The molecule has 3 aromatic rings. The maximum Gasteiger partial charge on any atom is 0.278 e. The van der Waals surface area contributed by atoms with E-state index in [9.17, 15) is 4.55 Å². The molecule has 0 radical (unpaired) electrons. The van der Waals surface area contributed by atoms with Crippen molar-refractivity contribution >= 4 is 11.4 Å². The summed E-state index contributed by atoms with van der Waals surface area (Å²) in [5.41, 5.74) is 4.13. The lowest BCUT2D eigenvalue weighted by Crippen LogP contribution is -2.48. The quantitative estimate of drug-likeness (QED) is 0.446. The Bertz CT molecular complexity index is 967. The summed E-state index contributed by atoms with van der Waals surface area (Å²) in [6.45, 7) is 3.22. The first-order chi connectivity index (χ1) is 15.8. The van der Waals surface area contributed by atoms with Gasteiger partial charge in [0.1, 0.15) is 0 Å². The molecule has 0 bridgehead atoms. The van der Waals surface area contributed by atoms with Crippen molar-refractivity contribution in [2.45, 2.75) is 55.6 Å². The third-order valence-electron chi connectivity index (χ3n) is 6.66. The Balaban J connectivity index is 1.15. The molecule has 3 aromatic carbocycles. The summed E-state index contributed by atoms with van der Waals surface area (Å²) in [5, 5.41) is 0. The van der Waals surface area contributed by atoms with Gasteiger partial charge in [-0.15, -0.1) is 0 Å². The van der Waals surface area contributed by atoms with Crippen molar-refractivity contribution in [1.82, 2.24) is 9.21 Å². The molecule has 5 rings (SSSR count). The van der Waals surface area contributed by atoms with Crippen molar-refractivity contribution < 1.29 is 4.55 Å². The summed E-state index contributed by atoms with van der Waals surface area (Å²) in [5.74, 6) is 0. The highest BCUT2D eigenvalue weighted by atomic mass is 32.2. The number of piperidine rings is 1. The van der Waals surface area contributed by atoms with Gasteiger partial charge in [0.05, 0.1) is 12.1 Å². The minimum atomic E-state index is -0.790. The summed E-state index contributed by atoms with van der Waals surface area (Å²) < 4.78 is 13.6. The van der Waals surface area contributed by atoms with Crippen LogP contribution in [0.1, 0.15) is 42.4 Å². The average Bonchev–Trinajstić information content (AvgIpc) is 3.68. The van der Waals surface area contributed by atoms with Gasteiger partial charge in [-0.1, -0.05) is 77.1 Å². The van der Waals surface area contributed by atoms with E-state index in [2.05, 4.69) is 75.9 Å². The minimum Gasteiger partial charge on any atom is -0.299 e. The molecule has 1 saturated heterocycles. The molecule has 1 heterocycles. The van der Waals surface area contributed by atoms with Gasteiger partial charge in [0.25, 0.3) is 11.4 Å². The Morgan fingerprint density at radius 1 is 0.688 bits per heavy atom. The van der Waals surface area contributed by atoms with Crippen LogP contribution in [0.4, 0.5) is 0 Å². The van der Waals surface area contributed by atoms with Crippen LogP contribution in [-0.4, -0.2) is 38.9 Å². The van der Waals surface area contributed by atoms with Crippen LogP contribution in [0.15, 0.2) is 89.8 Å². The highest BCUT2D eigenvalue weighted by Gasteiger charge is 2.47. The normalized spacial score (nSPS) is 18.7. The standard InChI is InChI=1S/C28H33N2OS/c31-32(28-9-5-2-6-10-28)30(26-15-16-26)27-17-19-29(20-18-27)22-25-13-11-24(12-14-25)21-23-7-3-1-4-8-23/h1-14,26-27,31H,15-22H2/q+1. The lowest BCUT2D eigenvalue weighted by Gasteiger charge is -2.35. The second-order valence-electron chi connectivity index (χ2n) is 9.15. The van der Waals surface area contributed by atoms with E-state index in [4.69, 9.17) is 0 Å². The average molecular weight is 446 g/mol. The maximum atomic E-state index is 11.1. The van der Waals surface area contributed by atoms with E-state index < -0.39 is 11.4 Å². The lowest BCUT2D eigenvalue weighted by molar-refractivity contribution is 0.150. The Hall–Kier alpha value is -2.11. The molecule has 32 heavy (non-hydrogen) atoms. The molecule has 4 heteroatoms. The Morgan fingerprint density at radius 3 is 1.84 bits per heavy atom. The predicted octanol–water partition coefficient (Wildman–Crippen LogP) is 5.77. The van der Waals surface area contributed by atoms with Crippen LogP contribution in [0.3, 0.4) is 0 Å². The van der Waals surface area contributed by atoms with Crippen LogP contribution in [-0.2, 0) is 24.3 Å². The van der Waals surface area contributed by atoms with Gasteiger partial charge in [-0.2, -0.15) is 4.55 Å². The fraction of sp³-hybridized carbons (Fsp3) is 0.357. The number of hydrogen-bond donors (Lipinski definition) is 1. The fourth-order valence-corrected chi connectivity index (χ4v) is 6.39. The Kier molecular flexibility index (Phi) is 6.94. The number of nitrogens with zero attached hydrogens (tertiary/aromatic N) is 2. The highest BCUT2D eigenvalue weighted by molar-refractivity contribution is 7.89. The first-order valence-corrected chi connectivity index (χ1v) is 13.0. The van der Waals surface area contributed by atoms with Crippen molar-refractivity contribution in [1.29, 1.82) is 0 Å². The Morgan fingerprint density at radius 2 is 1.22 bits per heavy atom. The van der Waals surface area contributed by atoms with Gasteiger partial charge < -0.3 is 0 Å². The van der Waals surface area contributed by atoms with Crippen LogP contribution in [0.5, 0.6) is 0 Å². The predicted molar refractivity (Wildman–Crippen MR) is 134 cm³/mol. The molecular formula is C28H33N2OS+. The molecule has 166 valence electrons. The van der Waals surface area contributed by atoms with E-state index >= 15 is 0 Å². The molecule has 1 aliphatic carbocycles. The smallest absolute Gasteiger partial charge is 0.278 e. The van der Waals surface area contributed by atoms with Gasteiger partial charge in [-0.3, -0.25) is 4.90 Å². The van der Waals surface area contributed by atoms with Crippen molar-refractivity contribution in [3.05, 3.63) is 102 Å². The molecule has 3 nitrogen and oxygen atoms in total. The number of hydrogen-bond acceptors (Lipinski definition) is 3. The van der Waals surface area contributed by atoms with E-state index in [0.29, 0.717) is 12.1 Å². The number of benzene rings is 3. The van der Waals surface area contributed by atoms with E-state index in [1.165, 1.54) is 29.5 Å². The van der Waals surface area contributed by atoms with Crippen LogP contribution in [0, 0.1) is 0 Å². The second-order valence-corrected chi connectivity index (χ2v) is 10.6. The maximum absolute atomic E-state index is 11.1. The van der Waals surface area contributed by atoms with Crippen molar-refractivity contribution in [3.63, 3.8) is 0 Å². The van der Waals surface area contributed by atoms with Gasteiger partial charge in [0.2, 0.25) is 4.90 Å². The third-order valence-corrected chi connectivity index (χ3v) is 8.35. The summed E-state index contributed by atoms with van der Waals surface area (Å²) in [4.78, 5) is 3.63. The monoisotopic (exact) mass is 445 g/mol. The molecular weight excluding hydrogens is 412 g/mol. The van der Waals surface area contributed by atoms with E-state index in [0.717, 1.165) is 43.8 Å². The molecule has 0 spiro atoms. The zero-order valence-electron chi connectivity index (χ0n) is 18.6. The summed E-state index contributed by atoms with van der Waals surface area (Å²) in [6, 6.07) is 31.1. The number of likely N-dealkylation sites (tertiary alicyclic amines) is 1. The van der Waals surface area contributed by atoms with Gasteiger partial charge in [0, 0.05) is 19.6 Å². The number of rotatable bonds is 8. The molecule has 1 atom stereocenters. The molecule has 1 unspecified atom stereocenters. The van der Waals surface area contributed by atoms with E-state index in [-0.39, 0.29) is 0 Å². The summed E-state index contributed by atoms with van der Waals surface area (Å²) in [6.07, 6.45) is 5.73. The van der Waals surface area contributed by atoms with Crippen molar-refractivity contribution in [3.8, 4) is 0 Å². The van der Waals surface area contributed by atoms with Gasteiger partial charge in [-0.05, 0) is 60.9 Å². The molecule has 1 aliphatic heterocycles. The summed E-state index contributed by atoms with van der Waals surface area (Å²) in [7, 11) is 0. The van der Waals surface area contributed by atoms with Crippen LogP contribution in [0.2, 0.25) is 0 Å². The first-order valence-electron chi connectivity index (χ1n) is 11.9. The first kappa shape index (κ1) is 21.7. The molecule has 0 aromatic heterocycles. The SMILES string of the molecule is O[S+](c1ccccc1)N(C1CC1)C1CCN(Cc2ccc(Cc3ccccc3)cc2)CC1. The third kappa shape index (κ3) is 5.44. The second kappa shape index (κ2) is 10.2. The zero-order valence-corrected chi connectivity index (χ0v) is 19.5. The van der Waals surface area contributed by atoms with Gasteiger partial charge in [0.15, 0.2) is 0 Å². The highest BCUT2D eigenvalue weighted by Crippen LogP contribution is 2.36. The van der Waals surface area contributed by atoms with E-state index in [1.807, 2.05) is 18.2 Å². The molecule has 0 amide bonds. The van der Waals surface area contributed by atoms with Crippen LogP contribution < -0.4 is 0 Å². The van der Waals surface area contributed by atoms with Crippen LogP contribution >= 0.6 is 0 Å². The Labute approximate surface area is 195 Å². The molecule has 1 saturated carbocycles. The molecule has 2 fully saturated rings. The van der Waals surface area contributed by atoms with Gasteiger partial charge in [-0.25, -0.2) is 0 Å².